The summed E-state index contributed by atoms with van der Waals surface area (Å²) in [5.74, 6) is 0.0693. The Balaban J connectivity index is 1.50. The molecule has 1 aliphatic rings. The SMILES string of the molecule is CCOc1ccc(NC(=O)CSc2nnc(NCC3CCCO3)s2)c([N+](=O)[O-])c1. The van der Waals surface area contributed by atoms with Gasteiger partial charge in [0.15, 0.2) is 4.34 Å². The number of anilines is 2. The van der Waals surface area contributed by atoms with Gasteiger partial charge in [0, 0.05) is 13.2 Å². The van der Waals surface area contributed by atoms with Crippen LogP contribution in [0.3, 0.4) is 0 Å². The summed E-state index contributed by atoms with van der Waals surface area (Å²) in [5.41, 5.74) is -0.0916. The van der Waals surface area contributed by atoms with Gasteiger partial charge in [0.05, 0.1) is 29.5 Å². The number of rotatable bonds is 10. The lowest BCUT2D eigenvalue weighted by Crippen LogP contribution is -2.18. The predicted molar refractivity (Wildman–Crippen MR) is 111 cm³/mol. The summed E-state index contributed by atoms with van der Waals surface area (Å²) in [5, 5.41) is 25.8. The molecule has 2 N–H and O–H groups in total. The van der Waals surface area contributed by atoms with E-state index >= 15 is 0 Å². The smallest absolute Gasteiger partial charge is 0.296 e. The van der Waals surface area contributed by atoms with E-state index in [2.05, 4.69) is 20.8 Å². The van der Waals surface area contributed by atoms with Gasteiger partial charge in [0.25, 0.3) is 5.69 Å². The highest BCUT2D eigenvalue weighted by atomic mass is 32.2. The molecular formula is C17H21N5O5S2. The number of hydrogen-bond donors (Lipinski definition) is 2. The Bertz CT molecular complexity index is 856. The number of thioether (sulfide) groups is 1. The number of nitrogens with one attached hydrogen (secondary N) is 2. The minimum atomic E-state index is -0.554. The van der Waals surface area contributed by atoms with Gasteiger partial charge in [0.1, 0.15) is 11.4 Å². The zero-order valence-corrected chi connectivity index (χ0v) is 17.4. The van der Waals surface area contributed by atoms with Crippen LogP contribution in [0, 0.1) is 10.1 Å². The molecule has 3 rings (SSSR count). The zero-order valence-electron chi connectivity index (χ0n) is 15.8. The van der Waals surface area contributed by atoms with E-state index in [0.717, 1.165) is 19.4 Å². The van der Waals surface area contributed by atoms with Gasteiger partial charge in [-0.1, -0.05) is 23.1 Å². The molecule has 1 unspecified atom stereocenters. The molecule has 1 fully saturated rings. The van der Waals surface area contributed by atoms with E-state index < -0.39 is 4.92 Å². The number of nitro benzene ring substituents is 1. The average molecular weight is 440 g/mol. The van der Waals surface area contributed by atoms with Gasteiger partial charge >= 0.3 is 0 Å². The highest BCUT2D eigenvalue weighted by Crippen LogP contribution is 2.30. The Morgan fingerprint density at radius 2 is 2.34 bits per heavy atom. The van der Waals surface area contributed by atoms with Crippen LogP contribution in [0.5, 0.6) is 5.75 Å². The van der Waals surface area contributed by atoms with Crippen LogP contribution in [0.25, 0.3) is 0 Å². The van der Waals surface area contributed by atoms with Crippen LogP contribution in [-0.4, -0.2) is 52.6 Å². The van der Waals surface area contributed by atoms with Crippen molar-refractivity contribution >= 4 is 45.5 Å². The molecule has 0 bridgehead atoms. The molecule has 10 nitrogen and oxygen atoms in total. The summed E-state index contributed by atoms with van der Waals surface area (Å²) in [7, 11) is 0. The molecular weight excluding hydrogens is 418 g/mol. The van der Waals surface area contributed by atoms with E-state index in [4.69, 9.17) is 9.47 Å². The van der Waals surface area contributed by atoms with Gasteiger partial charge < -0.3 is 20.1 Å². The normalized spacial score (nSPS) is 15.8. The summed E-state index contributed by atoms with van der Waals surface area (Å²) in [6.07, 6.45) is 2.31. The first kappa shape index (κ1) is 21.3. The van der Waals surface area contributed by atoms with Crippen LogP contribution < -0.4 is 15.4 Å². The summed E-state index contributed by atoms with van der Waals surface area (Å²) >= 11 is 2.57. The van der Waals surface area contributed by atoms with Crippen molar-refractivity contribution in [3.63, 3.8) is 0 Å². The van der Waals surface area contributed by atoms with Crippen molar-refractivity contribution in [1.29, 1.82) is 0 Å². The highest BCUT2D eigenvalue weighted by molar-refractivity contribution is 8.01. The molecule has 0 radical (unpaired) electrons. The third kappa shape index (κ3) is 6.27. The van der Waals surface area contributed by atoms with Crippen LogP contribution in [0.4, 0.5) is 16.5 Å². The fraction of sp³-hybridized carbons (Fsp3) is 0.471. The fourth-order valence-electron chi connectivity index (χ4n) is 2.68. The van der Waals surface area contributed by atoms with Crippen molar-refractivity contribution in [3.05, 3.63) is 28.3 Å². The van der Waals surface area contributed by atoms with Crippen molar-refractivity contribution in [1.82, 2.24) is 10.2 Å². The second-order valence-corrected chi connectivity index (χ2v) is 8.29. The molecule has 1 amide bonds. The van der Waals surface area contributed by atoms with Gasteiger partial charge in [-0.05, 0) is 31.9 Å². The second-order valence-electron chi connectivity index (χ2n) is 6.09. The third-order valence-electron chi connectivity index (χ3n) is 3.99. The Morgan fingerprint density at radius 3 is 3.07 bits per heavy atom. The predicted octanol–water partition coefficient (Wildman–Crippen LogP) is 3.17. The molecule has 0 spiro atoms. The van der Waals surface area contributed by atoms with Crippen LogP contribution in [0.2, 0.25) is 0 Å². The molecule has 2 aromatic rings. The summed E-state index contributed by atoms with van der Waals surface area (Å²) in [4.78, 5) is 22.9. The molecule has 2 heterocycles. The number of hydrogen-bond acceptors (Lipinski definition) is 10. The maximum Gasteiger partial charge on any atom is 0.296 e. The maximum atomic E-state index is 12.2. The molecule has 29 heavy (non-hydrogen) atoms. The Labute approximate surface area is 175 Å². The van der Waals surface area contributed by atoms with Crippen molar-refractivity contribution in [2.75, 3.05) is 36.1 Å². The van der Waals surface area contributed by atoms with Gasteiger partial charge in [-0.3, -0.25) is 14.9 Å². The summed E-state index contributed by atoms with van der Waals surface area (Å²) < 4.78 is 11.4. The van der Waals surface area contributed by atoms with E-state index in [1.54, 1.807) is 13.0 Å². The molecule has 156 valence electrons. The molecule has 1 aromatic carbocycles. The lowest BCUT2D eigenvalue weighted by molar-refractivity contribution is -0.384. The Morgan fingerprint density at radius 1 is 1.48 bits per heavy atom. The number of aromatic nitrogens is 2. The van der Waals surface area contributed by atoms with Crippen LogP contribution in [0.1, 0.15) is 19.8 Å². The van der Waals surface area contributed by atoms with Gasteiger partial charge in [-0.15, -0.1) is 10.2 Å². The van der Waals surface area contributed by atoms with E-state index in [9.17, 15) is 14.9 Å². The first-order valence-corrected chi connectivity index (χ1v) is 10.9. The number of amides is 1. The van der Waals surface area contributed by atoms with Crippen molar-refractivity contribution in [2.24, 2.45) is 0 Å². The number of nitro groups is 1. The van der Waals surface area contributed by atoms with Gasteiger partial charge in [-0.2, -0.15) is 0 Å². The lowest BCUT2D eigenvalue weighted by atomic mass is 10.2. The third-order valence-corrected chi connectivity index (χ3v) is 6.00. The molecule has 1 aromatic heterocycles. The maximum absolute atomic E-state index is 12.2. The Kier molecular flexibility index (Phi) is 7.61. The quantitative estimate of drug-likeness (QED) is 0.326. The standard InChI is InChI=1S/C17H21N5O5S2/c1-2-26-11-5-6-13(14(8-11)22(24)25)19-15(23)10-28-17-21-20-16(29-17)18-9-12-4-3-7-27-12/h5-6,8,12H,2-4,7,9-10H2,1H3,(H,18,20)(H,19,23). The largest absolute Gasteiger partial charge is 0.494 e. The highest BCUT2D eigenvalue weighted by Gasteiger charge is 2.19. The topological polar surface area (TPSA) is 129 Å². The van der Waals surface area contributed by atoms with E-state index in [1.165, 1.54) is 35.2 Å². The summed E-state index contributed by atoms with van der Waals surface area (Å²) in [6, 6.07) is 4.34. The molecule has 1 atom stereocenters. The van der Waals surface area contributed by atoms with E-state index in [0.29, 0.717) is 28.4 Å². The first-order chi connectivity index (χ1) is 14.0. The number of nitrogens with zero attached hydrogens (tertiary/aromatic N) is 3. The van der Waals surface area contributed by atoms with Crippen molar-refractivity contribution < 1.29 is 19.2 Å². The summed E-state index contributed by atoms with van der Waals surface area (Å²) in [6.45, 7) is 3.66. The minimum absolute atomic E-state index is 0.0603. The molecule has 0 aliphatic carbocycles. The zero-order chi connectivity index (χ0) is 20.6. The lowest BCUT2D eigenvalue weighted by Gasteiger charge is -2.08. The number of carbonyl (C=O) groups excluding carboxylic acids is 1. The molecule has 0 saturated carbocycles. The molecule has 12 heteroatoms. The minimum Gasteiger partial charge on any atom is -0.494 e. The number of ether oxygens (including phenoxy) is 2. The Hall–Kier alpha value is -2.44. The fourth-order valence-corrected chi connectivity index (χ4v) is 4.24. The van der Waals surface area contributed by atoms with Crippen LogP contribution in [-0.2, 0) is 9.53 Å². The van der Waals surface area contributed by atoms with E-state index in [-0.39, 0.29) is 29.1 Å². The van der Waals surface area contributed by atoms with Gasteiger partial charge in [-0.25, -0.2) is 0 Å². The second kappa shape index (κ2) is 10.4. The number of benzene rings is 1. The first-order valence-electron chi connectivity index (χ1n) is 9.08. The van der Waals surface area contributed by atoms with Crippen LogP contribution >= 0.6 is 23.1 Å². The number of carbonyl (C=O) groups is 1. The van der Waals surface area contributed by atoms with Crippen LogP contribution in [0.15, 0.2) is 22.5 Å². The monoisotopic (exact) mass is 439 g/mol. The van der Waals surface area contributed by atoms with Gasteiger partial charge in [0.2, 0.25) is 11.0 Å². The van der Waals surface area contributed by atoms with Crippen molar-refractivity contribution in [3.8, 4) is 5.75 Å². The van der Waals surface area contributed by atoms with E-state index in [1.807, 2.05) is 0 Å². The molecule has 1 aliphatic heterocycles. The van der Waals surface area contributed by atoms with Crippen molar-refractivity contribution in [2.45, 2.75) is 30.2 Å². The molecule has 1 saturated heterocycles. The average Bonchev–Trinajstić information content (AvgIpc) is 3.38.